The quantitative estimate of drug-likeness (QED) is 0.795. The minimum Gasteiger partial charge on any atom is -0.473 e. The molecule has 0 aromatic carbocycles. The number of aromatic nitrogens is 2. The molecule has 20 heavy (non-hydrogen) atoms. The van der Waals surface area contributed by atoms with E-state index in [1.54, 1.807) is 0 Å². The normalized spacial score (nSPS) is 15.0. The monoisotopic (exact) mass is 319 g/mol. The second kappa shape index (κ2) is 7.93. The highest BCUT2D eigenvalue weighted by atomic mass is 35.5. The van der Waals surface area contributed by atoms with Gasteiger partial charge < -0.3 is 10.2 Å². The lowest BCUT2D eigenvalue weighted by molar-refractivity contribution is -0.159. The summed E-state index contributed by atoms with van der Waals surface area (Å²) in [6, 6.07) is 0. The van der Waals surface area contributed by atoms with Crippen LogP contribution in [0, 0.1) is 0 Å². The minimum atomic E-state index is -1.82. The van der Waals surface area contributed by atoms with Crippen LogP contribution in [-0.2, 0) is 9.59 Å². The molecule has 1 aliphatic heterocycles. The number of nitrogens with zero attached hydrogens (tertiary/aromatic N) is 3. The Hall–Kier alpha value is -1.51. The number of rotatable bonds is 2. The van der Waals surface area contributed by atoms with Gasteiger partial charge in [-0.05, 0) is 18.5 Å². The SMILES string of the molecule is CCN1CCC=C(c2nsnc2Cl)C1.O=C(O)C(=O)O. The van der Waals surface area contributed by atoms with Gasteiger partial charge in [0.2, 0.25) is 0 Å². The van der Waals surface area contributed by atoms with Crippen molar-refractivity contribution in [2.45, 2.75) is 13.3 Å². The van der Waals surface area contributed by atoms with E-state index in [0.29, 0.717) is 5.15 Å². The van der Waals surface area contributed by atoms with Gasteiger partial charge >= 0.3 is 11.9 Å². The second-order valence-corrected chi connectivity index (χ2v) is 4.79. The van der Waals surface area contributed by atoms with E-state index < -0.39 is 11.9 Å². The molecule has 0 unspecified atom stereocenters. The van der Waals surface area contributed by atoms with Gasteiger partial charge in [-0.2, -0.15) is 8.75 Å². The third-order valence-corrected chi connectivity index (χ3v) is 3.51. The molecule has 9 heteroatoms. The van der Waals surface area contributed by atoms with Crippen LogP contribution in [-0.4, -0.2) is 55.4 Å². The van der Waals surface area contributed by atoms with Gasteiger partial charge in [0.15, 0.2) is 5.15 Å². The third kappa shape index (κ3) is 4.87. The fraction of sp³-hybridized carbons (Fsp3) is 0.455. The van der Waals surface area contributed by atoms with Gasteiger partial charge in [-0.1, -0.05) is 24.6 Å². The molecule has 1 aromatic rings. The van der Waals surface area contributed by atoms with Gasteiger partial charge in [-0.15, -0.1) is 0 Å². The Morgan fingerprint density at radius 3 is 2.50 bits per heavy atom. The van der Waals surface area contributed by atoms with Crippen LogP contribution < -0.4 is 0 Å². The summed E-state index contributed by atoms with van der Waals surface area (Å²) in [5, 5.41) is 15.3. The molecule has 7 nitrogen and oxygen atoms in total. The molecule has 0 saturated heterocycles. The summed E-state index contributed by atoms with van der Waals surface area (Å²) < 4.78 is 8.19. The first-order valence-corrected chi connectivity index (χ1v) is 6.92. The maximum atomic E-state index is 9.10. The first kappa shape index (κ1) is 16.5. The van der Waals surface area contributed by atoms with Crippen molar-refractivity contribution in [2.24, 2.45) is 0 Å². The van der Waals surface area contributed by atoms with Crippen LogP contribution >= 0.6 is 23.3 Å². The van der Waals surface area contributed by atoms with Gasteiger partial charge in [0.05, 0.1) is 11.7 Å². The molecule has 0 aliphatic carbocycles. The van der Waals surface area contributed by atoms with E-state index in [-0.39, 0.29) is 0 Å². The van der Waals surface area contributed by atoms with E-state index in [9.17, 15) is 0 Å². The van der Waals surface area contributed by atoms with Gasteiger partial charge in [-0.25, -0.2) is 9.59 Å². The smallest absolute Gasteiger partial charge is 0.414 e. The fourth-order valence-corrected chi connectivity index (χ4v) is 2.41. The molecule has 1 aliphatic rings. The zero-order valence-corrected chi connectivity index (χ0v) is 12.3. The first-order valence-electron chi connectivity index (χ1n) is 5.81. The maximum absolute atomic E-state index is 9.10. The first-order chi connectivity index (χ1) is 9.45. The lowest BCUT2D eigenvalue weighted by atomic mass is 10.1. The average molecular weight is 320 g/mol. The molecule has 0 spiro atoms. The van der Waals surface area contributed by atoms with Gasteiger partial charge in [0, 0.05) is 13.1 Å². The van der Waals surface area contributed by atoms with Crippen molar-refractivity contribution < 1.29 is 19.8 Å². The number of halogens is 1. The van der Waals surface area contributed by atoms with E-state index in [2.05, 4.69) is 26.6 Å². The van der Waals surface area contributed by atoms with Crippen molar-refractivity contribution in [3.05, 3.63) is 16.9 Å². The van der Waals surface area contributed by atoms with Gasteiger partial charge in [0.25, 0.3) is 0 Å². The largest absolute Gasteiger partial charge is 0.473 e. The van der Waals surface area contributed by atoms with Crippen LogP contribution in [0.5, 0.6) is 0 Å². The highest BCUT2D eigenvalue weighted by Crippen LogP contribution is 2.25. The number of aliphatic carboxylic acids is 2. The topological polar surface area (TPSA) is 104 Å². The molecule has 2 N–H and O–H groups in total. The van der Waals surface area contributed by atoms with Crippen molar-refractivity contribution in [1.29, 1.82) is 0 Å². The van der Waals surface area contributed by atoms with Crippen LogP contribution in [0.3, 0.4) is 0 Å². The van der Waals surface area contributed by atoms with Crippen LogP contribution in [0.2, 0.25) is 5.15 Å². The van der Waals surface area contributed by atoms with E-state index in [4.69, 9.17) is 31.4 Å². The van der Waals surface area contributed by atoms with E-state index in [1.165, 1.54) is 17.3 Å². The number of carboxylic acids is 2. The lowest BCUT2D eigenvalue weighted by Gasteiger charge is -2.24. The number of carbonyl (C=O) groups is 2. The molecule has 0 saturated carbocycles. The summed E-state index contributed by atoms with van der Waals surface area (Å²) >= 11 is 7.12. The predicted octanol–water partition coefficient (Wildman–Crippen LogP) is 1.46. The maximum Gasteiger partial charge on any atom is 0.414 e. The van der Waals surface area contributed by atoms with E-state index in [0.717, 1.165) is 31.7 Å². The highest BCUT2D eigenvalue weighted by molar-refractivity contribution is 6.99. The molecule has 0 atom stereocenters. The molecule has 110 valence electrons. The Kier molecular flexibility index (Phi) is 6.56. The van der Waals surface area contributed by atoms with Crippen LogP contribution in [0.4, 0.5) is 0 Å². The van der Waals surface area contributed by atoms with E-state index >= 15 is 0 Å². The zero-order valence-electron chi connectivity index (χ0n) is 10.7. The number of likely N-dealkylation sites (N-methyl/N-ethyl adjacent to an activating group) is 1. The van der Waals surface area contributed by atoms with Crippen molar-refractivity contribution in [3.8, 4) is 0 Å². The Labute approximate surface area is 124 Å². The Balaban J connectivity index is 0.000000286. The van der Waals surface area contributed by atoms with E-state index in [1.807, 2.05) is 0 Å². The number of hydrogen-bond acceptors (Lipinski definition) is 6. The average Bonchev–Trinajstić information content (AvgIpc) is 2.85. The molecule has 2 rings (SSSR count). The summed E-state index contributed by atoms with van der Waals surface area (Å²) in [5.41, 5.74) is 2.09. The van der Waals surface area contributed by atoms with Crippen LogP contribution in [0.1, 0.15) is 19.0 Å². The molecular formula is C11H14ClN3O4S. The molecule has 0 amide bonds. The Bertz CT molecular complexity index is 506. The fourth-order valence-electron chi connectivity index (χ4n) is 1.62. The summed E-state index contributed by atoms with van der Waals surface area (Å²) in [6.45, 7) is 5.33. The molecule has 0 bridgehead atoms. The highest BCUT2D eigenvalue weighted by Gasteiger charge is 2.17. The summed E-state index contributed by atoms with van der Waals surface area (Å²) in [6.07, 6.45) is 3.30. The third-order valence-electron chi connectivity index (χ3n) is 2.61. The number of hydrogen-bond donors (Lipinski definition) is 2. The summed E-state index contributed by atoms with van der Waals surface area (Å²) in [7, 11) is 0. The van der Waals surface area contributed by atoms with Gasteiger partial charge in [-0.3, -0.25) is 4.90 Å². The van der Waals surface area contributed by atoms with Gasteiger partial charge in [0.1, 0.15) is 5.69 Å². The predicted molar refractivity (Wildman–Crippen MR) is 74.9 cm³/mol. The molecule has 2 heterocycles. The molecule has 0 fully saturated rings. The zero-order chi connectivity index (χ0) is 15.1. The van der Waals surface area contributed by atoms with Crippen molar-refractivity contribution in [2.75, 3.05) is 19.6 Å². The van der Waals surface area contributed by atoms with Crippen LogP contribution in [0.15, 0.2) is 6.08 Å². The van der Waals surface area contributed by atoms with Crippen molar-refractivity contribution >= 4 is 40.8 Å². The molecule has 1 aromatic heterocycles. The number of carboxylic acid groups (broad SMARTS) is 2. The standard InChI is InChI=1S/C9H12ClN3S.C2H2O4/c1-2-13-5-3-4-7(6-13)8-9(10)12-14-11-8;3-1(4)2(5)6/h4H,2-3,5-6H2,1H3;(H,3,4)(H,5,6). The molecule has 0 radical (unpaired) electrons. The summed E-state index contributed by atoms with van der Waals surface area (Å²) in [5.74, 6) is -3.65. The van der Waals surface area contributed by atoms with Crippen molar-refractivity contribution in [1.82, 2.24) is 13.6 Å². The van der Waals surface area contributed by atoms with Crippen molar-refractivity contribution in [3.63, 3.8) is 0 Å². The minimum absolute atomic E-state index is 0.541. The Morgan fingerprint density at radius 2 is 2.05 bits per heavy atom. The summed E-state index contributed by atoms with van der Waals surface area (Å²) in [4.78, 5) is 20.6. The lowest BCUT2D eigenvalue weighted by Crippen LogP contribution is -2.29. The van der Waals surface area contributed by atoms with Crippen LogP contribution in [0.25, 0.3) is 5.57 Å². The second-order valence-electron chi connectivity index (χ2n) is 3.90. The molecular weight excluding hydrogens is 306 g/mol. The Morgan fingerprint density at radius 1 is 1.40 bits per heavy atom.